The Hall–Kier alpha value is -1.10. The molecule has 2 heterocycles. The standard InChI is InChI=1S/C19H31NO.C9H19N.C9H21N.2CH4/c1-19(2,3)15-17-10-13-20(14-11-17)12-9-16-5-7-18(21-4)8-6-16;1-9(2,3)10-7-5-4-6-8-10;1-9(2,3)7-6-8-10(4)5;;/h5-8,17H,9-15H2,1-4H3;4-8H2,1-3H3;6-8H2,1-5H3;2*1H4. The number of hydrogen-bond acceptors (Lipinski definition) is 4. The normalized spacial score (nSPS) is 17.0. The zero-order valence-corrected chi connectivity index (χ0v) is 29.7. The van der Waals surface area contributed by atoms with Gasteiger partial charge in [-0.15, -0.1) is 0 Å². The van der Waals surface area contributed by atoms with E-state index < -0.39 is 0 Å². The van der Waals surface area contributed by atoms with E-state index in [9.17, 15) is 0 Å². The molecule has 2 saturated heterocycles. The predicted molar refractivity (Wildman–Crippen MR) is 196 cm³/mol. The largest absolute Gasteiger partial charge is 0.497 e. The molecule has 3 rings (SSSR count). The number of ether oxygens (including phenoxy) is 1. The first-order chi connectivity index (χ1) is 19.0. The average molecular weight is 606 g/mol. The van der Waals surface area contributed by atoms with Crippen LogP contribution in [0.1, 0.15) is 134 Å². The molecule has 1 aromatic rings. The third-order valence-corrected chi connectivity index (χ3v) is 8.32. The summed E-state index contributed by atoms with van der Waals surface area (Å²) in [5, 5.41) is 0. The average Bonchev–Trinajstić information content (AvgIpc) is 2.87. The summed E-state index contributed by atoms with van der Waals surface area (Å²) in [6.45, 7) is 28.5. The molecule has 2 aliphatic rings. The van der Waals surface area contributed by atoms with E-state index in [2.05, 4.69) is 115 Å². The van der Waals surface area contributed by atoms with Crippen molar-refractivity contribution in [1.82, 2.24) is 14.7 Å². The van der Waals surface area contributed by atoms with Gasteiger partial charge in [-0.25, -0.2) is 0 Å². The van der Waals surface area contributed by atoms with Gasteiger partial charge in [0.1, 0.15) is 5.75 Å². The van der Waals surface area contributed by atoms with Crippen LogP contribution in [0.15, 0.2) is 24.3 Å². The van der Waals surface area contributed by atoms with Crippen LogP contribution >= 0.6 is 0 Å². The summed E-state index contributed by atoms with van der Waals surface area (Å²) in [6.07, 6.45) is 12.1. The number of piperidine rings is 2. The zero-order chi connectivity index (χ0) is 31.1. The highest BCUT2D eigenvalue weighted by Gasteiger charge is 2.24. The van der Waals surface area contributed by atoms with E-state index >= 15 is 0 Å². The Kier molecular flexibility index (Phi) is 22.1. The van der Waals surface area contributed by atoms with E-state index in [4.69, 9.17) is 4.74 Å². The minimum Gasteiger partial charge on any atom is -0.497 e. The first-order valence-corrected chi connectivity index (χ1v) is 16.7. The Morgan fingerprint density at radius 2 is 1.30 bits per heavy atom. The molecule has 2 aliphatic heterocycles. The third kappa shape index (κ3) is 23.0. The van der Waals surface area contributed by atoms with Crippen LogP contribution in [0.25, 0.3) is 0 Å². The molecule has 0 saturated carbocycles. The molecular weight excluding hydrogens is 526 g/mol. The van der Waals surface area contributed by atoms with E-state index in [1.165, 1.54) is 96.2 Å². The maximum atomic E-state index is 5.20. The van der Waals surface area contributed by atoms with E-state index in [1.54, 1.807) is 7.11 Å². The first-order valence-electron chi connectivity index (χ1n) is 16.7. The molecule has 0 aromatic heterocycles. The van der Waals surface area contributed by atoms with Gasteiger partial charge in [0.2, 0.25) is 0 Å². The third-order valence-electron chi connectivity index (χ3n) is 8.32. The second-order valence-corrected chi connectivity index (χ2v) is 16.3. The number of likely N-dealkylation sites (tertiary alicyclic amines) is 2. The Morgan fingerprint density at radius 1 is 0.767 bits per heavy atom. The van der Waals surface area contributed by atoms with E-state index in [1.807, 2.05) is 0 Å². The summed E-state index contributed by atoms with van der Waals surface area (Å²) >= 11 is 0. The van der Waals surface area contributed by atoms with Gasteiger partial charge in [0.25, 0.3) is 0 Å². The molecule has 0 amide bonds. The summed E-state index contributed by atoms with van der Waals surface area (Å²) in [5.41, 5.74) is 2.81. The van der Waals surface area contributed by atoms with Crippen LogP contribution in [0.5, 0.6) is 5.75 Å². The van der Waals surface area contributed by atoms with Crippen LogP contribution in [-0.4, -0.2) is 80.7 Å². The fourth-order valence-electron chi connectivity index (χ4n) is 5.85. The van der Waals surface area contributed by atoms with Crippen molar-refractivity contribution in [3.8, 4) is 5.75 Å². The minimum absolute atomic E-state index is 0. The van der Waals surface area contributed by atoms with Crippen LogP contribution in [0.2, 0.25) is 0 Å². The van der Waals surface area contributed by atoms with Crippen molar-refractivity contribution < 1.29 is 4.74 Å². The fraction of sp³-hybridized carbons (Fsp3) is 0.846. The summed E-state index contributed by atoms with van der Waals surface area (Å²) in [7, 11) is 5.97. The highest BCUT2D eigenvalue weighted by molar-refractivity contribution is 5.27. The van der Waals surface area contributed by atoms with Gasteiger partial charge < -0.3 is 14.5 Å². The lowest BCUT2D eigenvalue weighted by Gasteiger charge is -2.38. The molecule has 2 fully saturated rings. The van der Waals surface area contributed by atoms with Gasteiger partial charge in [0.05, 0.1) is 7.11 Å². The van der Waals surface area contributed by atoms with Gasteiger partial charge in [0, 0.05) is 12.1 Å². The monoisotopic (exact) mass is 606 g/mol. The highest BCUT2D eigenvalue weighted by Crippen LogP contribution is 2.31. The highest BCUT2D eigenvalue weighted by atomic mass is 16.5. The molecule has 4 nitrogen and oxygen atoms in total. The van der Waals surface area contributed by atoms with Gasteiger partial charge in [-0.1, -0.05) is 74.9 Å². The molecule has 0 radical (unpaired) electrons. The summed E-state index contributed by atoms with van der Waals surface area (Å²) in [4.78, 5) is 7.45. The number of benzene rings is 1. The molecule has 0 bridgehead atoms. The van der Waals surface area contributed by atoms with Gasteiger partial charge in [-0.05, 0) is 153 Å². The van der Waals surface area contributed by atoms with E-state index in [0.717, 1.165) is 18.1 Å². The van der Waals surface area contributed by atoms with Crippen molar-refractivity contribution in [3.05, 3.63) is 29.8 Å². The van der Waals surface area contributed by atoms with Crippen molar-refractivity contribution in [3.63, 3.8) is 0 Å². The summed E-state index contributed by atoms with van der Waals surface area (Å²) in [5.74, 6) is 1.88. The smallest absolute Gasteiger partial charge is 0.118 e. The minimum atomic E-state index is 0. The lowest BCUT2D eigenvalue weighted by atomic mass is 9.80. The van der Waals surface area contributed by atoms with Gasteiger partial charge in [0.15, 0.2) is 0 Å². The molecule has 0 aliphatic carbocycles. The lowest BCUT2D eigenvalue weighted by molar-refractivity contribution is 0.111. The van der Waals surface area contributed by atoms with Crippen LogP contribution in [0.3, 0.4) is 0 Å². The van der Waals surface area contributed by atoms with Crippen molar-refractivity contribution in [2.45, 2.75) is 140 Å². The second-order valence-electron chi connectivity index (χ2n) is 16.3. The Morgan fingerprint density at radius 3 is 1.70 bits per heavy atom. The van der Waals surface area contributed by atoms with Crippen LogP contribution in [0.4, 0.5) is 0 Å². The molecule has 0 N–H and O–H groups in total. The molecule has 43 heavy (non-hydrogen) atoms. The SMILES string of the molecule is C.C.CC(C)(C)N1CCCCC1.CN(C)CCCC(C)(C)C.COc1ccc(CCN2CCC(CC(C)(C)C)CC2)cc1. The fourth-order valence-corrected chi connectivity index (χ4v) is 5.85. The molecular formula is C39H79N3O. The van der Waals surface area contributed by atoms with Crippen molar-refractivity contribution in [2.75, 3.05) is 60.5 Å². The first kappa shape index (κ1) is 44.0. The Balaban J connectivity index is 0. The predicted octanol–water partition coefficient (Wildman–Crippen LogP) is 10.3. The molecule has 256 valence electrons. The lowest BCUT2D eigenvalue weighted by Crippen LogP contribution is -2.44. The molecule has 0 spiro atoms. The van der Waals surface area contributed by atoms with Crippen LogP contribution in [0, 0.1) is 16.7 Å². The van der Waals surface area contributed by atoms with Gasteiger partial charge in [-0.3, -0.25) is 4.90 Å². The molecule has 0 atom stereocenters. The van der Waals surface area contributed by atoms with Crippen LogP contribution in [-0.2, 0) is 6.42 Å². The quantitative estimate of drug-likeness (QED) is 0.293. The second kappa shape index (κ2) is 21.6. The number of rotatable bonds is 8. The topological polar surface area (TPSA) is 19.0 Å². The molecule has 0 unspecified atom stereocenters. The zero-order valence-electron chi connectivity index (χ0n) is 29.7. The van der Waals surface area contributed by atoms with Crippen molar-refractivity contribution in [1.29, 1.82) is 0 Å². The van der Waals surface area contributed by atoms with E-state index in [0.29, 0.717) is 16.4 Å². The Labute approximate surface area is 272 Å². The number of nitrogens with zero attached hydrogens (tertiary/aromatic N) is 3. The maximum Gasteiger partial charge on any atom is 0.118 e. The molecule has 1 aromatic carbocycles. The molecule has 4 heteroatoms. The Bertz CT molecular complexity index is 769. The summed E-state index contributed by atoms with van der Waals surface area (Å²) < 4.78 is 5.20. The van der Waals surface area contributed by atoms with Crippen molar-refractivity contribution >= 4 is 0 Å². The van der Waals surface area contributed by atoms with E-state index in [-0.39, 0.29) is 14.9 Å². The van der Waals surface area contributed by atoms with Gasteiger partial charge >= 0.3 is 0 Å². The number of methoxy groups -OCH3 is 1. The maximum absolute atomic E-state index is 5.20. The van der Waals surface area contributed by atoms with Gasteiger partial charge in [-0.2, -0.15) is 0 Å². The summed E-state index contributed by atoms with van der Waals surface area (Å²) in [6, 6.07) is 8.49. The van der Waals surface area contributed by atoms with Crippen molar-refractivity contribution in [2.24, 2.45) is 16.7 Å². The number of hydrogen-bond donors (Lipinski definition) is 0. The van der Waals surface area contributed by atoms with Crippen LogP contribution < -0.4 is 4.74 Å².